The Morgan fingerprint density at radius 2 is 1.83 bits per heavy atom. The van der Waals surface area contributed by atoms with Crippen LogP contribution >= 0.6 is 24.0 Å². The Labute approximate surface area is 192 Å². The first-order chi connectivity index (χ1) is 14.0. The second-order valence-electron chi connectivity index (χ2n) is 6.61. The van der Waals surface area contributed by atoms with E-state index in [9.17, 15) is 4.39 Å². The molecule has 0 atom stereocenters. The van der Waals surface area contributed by atoms with Crippen molar-refractivity contribution >= 4 is 29.9 Å². The van der Waals surface area contributed by atoms with Crippen molar-refractivity contribution in [2.75, 3.05) is 7.05 Å². The summed E-state index contributed by atoms with van der Waals surface area (Å²) < 4.78 is 20.6. The fourth-order valence-electron chi connectivity index (χ4n) is 2.89. The minimum atomic E-state index is -0.307. The molecule has 0 radical (unpaired) electrons. The molecule has 3 rings (SSSR count). The smallest absolute Gasteiger partial charge is 0.219 e. The van der Waals surface area contributed by atoms with E-state index in [1.54, 1.807) is 25.4 Å². The van der Waals surface area contributed by atoms with Gasteiger partial charge in [-0.3, -0.25) is 9.67 Å². The first-order valence-corrected chi connectivity index (χ1v) is 9.28. The predicted octanol–water partition coefficient (Wildman–Crippen LogP) is 3.85. The van der Waals surface area contributed by atoms with Crippen LogP contribution in [0, 0.1) is 19.7 Å². The molecule has 0 spiro atoms. The Bertz CT molecular complexity index is 1000. The van der Waals surface area contributed by atoms with Gasteiger partial charge in [-0.05, 0) is 49.7 Å². The molecule has 0 aliphatic heterocycles. The van der Waals surface area contributed by atoms with Gasteiger partial charge in [0.1, 0.15) is 11.6 Å². The number of aromatic nitrogens is 3. The highest BCUT2D eigenvalue weighted by Crippen LogP contribution is 2.20. The van der Waals surface area contributed by atoms with Crippen LogP contribution in [0.3, 0.4) is 0 Å². The van der Waals surface area contributed by atoms with Gasteiger partial charge in [0.25, 0.3) is 0 Å². The van der Waals surface area contributed by atoms with Gasteiger partial charge in [-0.25, -0.2) is 9.37 Å². The number of guanidine groups is 1. The normalized spacial score (nSPS) is 11.0. The highest BCUT2D eigenvalue weighted by atomic mass is 127. The van der Waals surface area contributed by atoms with E-state index in [1.807, 2.05) is 37.7 Å². The molecule has 0 bridgehead atoms. The molecule has 0 amide bonds. The number of ether oxygens (including phenoxy) is 1. The predicted molar refractivity (Wildman–Crippen MR) is 126 cm³/mol. The number of nitrogens with one attached hydrogen (secondary N) is 2. The van der Waals surface area contributed by atoms with E-state index in [2.05, 4.69) is 25.7 Å². The average Bonchev–Trinajstić information content (AvgIpc) is 2.96. The van der Waals surface area contributed by atoms with Crippen molar-refractivity contribution in [2.24, 2.45) is 12.0 Å². The van der Waals surface area contributed by atoms with Gasteiger partial charge in [-0.1, -0.05) is 0 Å². The fraction of sp³-hybridized carbons (Fsp3) is 0.286. The molecule has 160 valence electrons. The van der Waals surface area contributed by atoms with Crippen molar-refractivity contribution in [3.63, 3.8) is 0 Å². The van der Waals surface area contributed by atoms with E-state index in [0.717, 1.165) is 22.5 Å². The molecule has 30 heavy (non-hydrogen) atoms. The lowest BCUT2D eigenvalue weighted by molar-refractivity contribution is 0.460. The Kier molecular flexibility index (Phi) is 8.58. The molecule has 3 aromatic rings. The number of hydrogen-bond acceptors (Lipinski definition) is 4. The van der Waals surface area contributed by atoms with Crippen LogP contribution in [-0.2, 0) is 20.1 Å². The quantitative estimate of drug-likeness (QED) is 0.291. The number of hydrogen-bond donors (Lipinski definition) is 2. The highest BCUT2D eigenvalue weighted by molar-refractivity contribution is 14.0. The monoisotopic (exact) mass is 524 g/mol. The second-order valence-corrected chi connectivity index (χ2v) is 6.61. The number of benzene rings is 1. The molecule has 0 saturated carbocycles. The number of pyridine rings is 1. The molecule has 1 aromatic carbocycles. The minimum Gasteiger partial charge on any atom is -0.439 e. The summed E-state index contributed by atoms with van der Waals surface area (Å²) in [4.78, 5) is 8.47. The summed E-state index contributed by atoms with van der Waals surface area (Å²) in [5.74, 6) is 1.36. The molecule has 2 heterocycles. The lowest BCUT2D eigenvalue weighted by Crippen LogP contribution is -2.36. The largest absolute Gasteiger partial charge is 0.439 e. The van der Waals surface area contributed by atoms with Crippen molar-refractivity contribution < 1.29 is 9.13 Å². The van der Waals surface area contributed by atoms with Crippen LogP contribution in [0.15, 0.2) is 47.6 Å². The molecule has 0 unspecified atom stereocenters. The third-order valence-electron chi connectivity index (χ3n) is 4.61. The molecule has 0 saturated heterocycles. The van der Waals surface area contributed by atoms with E-state index in [4.69, 9.17) is 4.74 Å². The van der Waals surface area contributed by atoms with Crippen molar-refractivity contribution in [1.82, 2.24) is 25.4 Å². The number of nitrogens with zero attached hydrogens (tertiary/aromatic N) is 4. The Morgan fingerprint density at radius 3 is 2.47 bits per heavy atom. The standard InChI is InChI=1S/C21H25FN6O.HI/c1-14-19(15(2)28(4)27-14)13-26-21(23-3)25-12-16-9-10-24-20(11-16)29-18-7-5-17(22)6-8-18;/h5-11H,12-13H2,1-4H3,(H2,23,25,26);1H. The highest BCUT2D eigenvalue weighted by Gasteiger charge is 2.10. The maximum Gasteiger partial charge on any atom is 0.219 e. The molecule has 7 nitrogen and oxygen atoms in total. The lowest BCUT2D eigenvalue weighted by atomic mass is 10.2. The Hall–Kier alpha value is -2.69. The van der Waals surface area contributed by atoms with Gasteiger partial charge >= 0.3 is 0 Å². The first-order valence-electron chi connectivity index (χ1n) is 9.28. The van der Waals surface area contributed by atoms with Gasteiger partial charge < -0.3 is 15.4 Å². The molecule has 0 aliphatic rings. The molecule has 9 heteroatoms. The lowest BCUT2D eigenvalue weighted by Gasteiger charge is -2.13. The van der Waals surface area contributed by atoms with E-state index in [1.165, 1.54) is 12.1 Å². The molecule has 2 N–H and O–H groups in total. The van der Waals surface area contributed by atoms with Crippen LogP contribution < -0.4 is 15.4 Å². The zero-order valence-corrected chi connectivity index (χ0v) is 19.8. The van der Waals surface area contributed by atoms with Gasteiger partial charge in [0.2, 0.25) is 5.88 Å². The number of aryl methyl sites for hydroxylation is 2. The van der Waals surface area contributed by atoms with E-state index in [0.29, 0.717) is 30.7 Å². The number of rotatable bonds is 6. The minimum absolute atomic E-state index is 0. The van der Waals surface area contributed by atoms with E-state index < -0.39 is 0 Å². The summed E-state index contributed by atoms with van der Waals surface area (Å²) >= 11 is 0. The van der Waals surface area contributed by atoms with E-state index in [-0.39, 0.29) is 29.8 Å². The van der Waals surface area contributed by atoms with Crippen LogP contribution in [0.4, 0.5) is 4.39 Å². The third kappa shape index (κ3) is 6.15. The fourth-order valence-corrected chi connectivity index (χ4v) is 2.89. The van der Waals surface area contributed by atoms with Gasteiger partial charge in [-0.2, -0.15) is 5.10 Å². The van der Waals surface area contributed by atoms with Crippen molar-refractivity contribution in [2.45, 2.75) is 26.9 Å². The molecule has 0 aliphatic carbocycles. The summed E-state index contributed by atoms with van der Waals surface area (Å²) in [6.45, 7) is 5.24. The number of aliphatic imine (C=N–C) groups is 1. The second kappa shape index (κ2) is 10.9. The molecule has 0 fully saturated rings. The summed E-state index contributed by atoms with van der Waals surface area (Å²) in [5, 5.41) is 11.0. The number of halogens is 2. The maximum absolute atomic E-state index is 13.0. The van der Waals surface area contributed by atoms with E-state index >= 15 is 0 Å². The first kappa shape index (κ1) is 23.6. The summed E-state index contributed by atoms with van der Waals surface area (Å²) in [5.41, 5.74) is 4.27. The Morgan fingerprint density at radius 1 is 1.13 bits per heavy atom. The van der Waals surface area contributed by atoms with Crippen molar-refractivity contribution in [1.29, 1.82) is 0 Å². The van der Waals surface area contributed by atoms with Crippen LogP contribution in [0.5, 0.6) is 11.6 Å². The summed E-state index contributed by atoms with van der Waals surface area (Å²) in [6.07, 6.45) is 1.68. The van der Waals surface area contributed by atoms with Crippen LogP contribution in [0.1, 0.15) is 22.5 Å². The van der Waals surface area contributed by atoms with Gasteiger partial charge in [0, 0.05) is 50.7 Å². The Balaban J connectivity index is 0.00000320. The third-order valence-corrected chi connectivity index (χ3v) is 4.61. The topological polar surface area (TPSA) is 76.4 Å². The van der Waals surface area contributed by atoms with Crippen LogP contribution in [-0.4, -0.2) is 27.8 Å². The van der Waals surface area contributed by atoms with Gasteiger partial charge in [0.05, 0.1) is 5.69 Å². The zero-order valence-electron chi connectivity index (χ0n) is 17.4. The van der Waals surface area contributed by atoms with Crippen LogP contribution in [0.25, 0.3) is 0 Å². The summed E-state index contributed by atoms with van der Waals surface area (Å²) in [7, 11) is 3.67. The van der Waals surface area contributed by atoms with Crippen molar-refractivity contribution in [3.8, 4) is 11.6 Å². The maximum atomic E-state index is 13.0. The molecular formula is C21H26FIN6O. The van der Waals surface area contributed by atoms with Gasteiger partial charge in [0.15, 0.2) is 5.96 Å². The van der Waals surface area contributed by atoms with Crippen LogP contribution in [0.2, 0.25) is 0 Å². The average molecular weight is 524 g/mol. The zero-order chi connectivity index (χ0) is 20.8. The summed E-state index contributed by atoms with van der Waals surface area (Å²) in [6, 6.07) is 9.56. The van der Waals surface area contributed by atoms with Crippen molar-refractivity contribution in [3.05, 3.63) is 70.9 Å². The van der Waals surface area contributed by atoms with Gasteiger partial charge in [-0.15, -0.1) is 24.0 Å². The molecule has 2 aromatic heterocycles. The molecular weight excluding hydrogens is 498 g/mol. The SMILES string of the molecule is CN=C(NCc1ccnc(Oc2ccc(F)cc2)c1)NCc1c(C)nn(C)c1C.I.